The molecule has 10 heavy (non-hydrogen) atoms. The summed E-state index contributed by atoms with van der Waals surface area (Å²) < 4.78 is 0. The van der Waals surface area contributed by atoms with E-state index in [-0.39, 0.29) is 0 Å². The number of nitrogens with one attached hydrogen (secondary N) is 1. The van der Waals surface area contributed by atoms with Gasteiger partial charge in [0.2, 0.25) is 0 Å². The van der Waals surface area contributed by atoms with Gasteiger partial charge in [-0.1, -0.05) is 17.6 Å². The summed E-state index contributed by atoms with van der Waals surface area (Å²) in [4.78, 5) is 3.15. The molecule has 0 aliphatic rings. The fourth-order valence-electron chi connectivity index (χ4n) is 1.17. The molecule has 0 unspecified atom stereocenters. The van der Waals surface area contributed by atoms with E-state index < -0.39 is 0 Å². The molecule has 1 N–H and O–H groups in total. The second-order valence-corrected chi connectivity index (χ2v) is 2.57. The fourth-order valence-corrected chi connectivity index (χ4v) is 1.17. The third-order valence-electron chi connectivity index (χ3n) is 1.71. The summed E-state index contributed by atoms with van der Waals surface area (Å²) >= 11 is 0. The molecular formula is C8H8BN. The second-order valence-electron chi connectivity index (χ2n) is 2.57. The van der Waals surface area contributed by atoms with Crippen molar-refractivity contribution in [2.24, 2.45) is 0 Å². The van der Waals surface area contributed by atoms with Crippen molar-refractivity contribution in [3.63, 3.8) is 0 Å². The highest BCUT2D eigenvalue weighted by atomic mass is 14.7. The molecule has 0 aliphatic heterocycles. The predicted octanol–water partition coefficient (Wildman–Crippen LogP) is 0.426. The normalized spacial score (nSPS) is 10.4. The van der Waals surface area contributed by atoms with Gasteiger partial charge in [0.05, 0.1) is 0 Å². The smallest absolute Gasteiger partial charge is 0.139 e. The highest BCUT2D eigenvalue weighted by molar-refractivity contribution is 6.33. The molecule has 0 spiro atoms. The largest absolute Gasteiger partial charge is 0.361 e. The molecule has 0 atom stereocenters. The van der Waals surface area contributed by atoms with Gasteiger partial charge in [-0.3, -0.25) is 0 Å². The standard InChI is InChI=1S/C8H8BN/c9-7-1-2-8-6(5-7)3-4-10-8/h1-5,10H,9H2. The molecule has 0 saturated carbocycles. The number of hydrogen-bond donors (Lipinski definition) is 1. The van der Waals surface area contributed by atoms with Crippen molar-refractivity contribution in [2.45, 2.75) is 0 Å². The molecule has 2 aromatic rings. The molecule has 2 rings (SSSR count). The average Bonchev–Trinajstić information content (AvgIpc) is 2.33. The minimum Gasteiger partial charge on any atom is -0.361 e. The van der Waals surface area contributed by atoms with Crippen LogP contribution in [0.5, 0.6) is 0 Å². The minimum atomic E-state index is 1.21. The highest BCUT2D eigenvalue weighted by Crippen LogP contribution is 2.07. The van der Waals surface area contributed by atoms with Crippen molar-refractivity contribution >= 4 is 24.2 Å². The molecule has 0 amide bonds. The van der Waals surface area contributed by atoms with E-state index in [1.165, 1.54) is 16.4 Å². The van der Waals surface area contributed by atoms with E-state index in [4.69, 9.17) is 0 Å². The van der Waals surface area contributed by atoms with Crippen molar-refractivity contribution in [2.75, 3.05) is 0 Å². The molecule has 0 aliphatic carbocycles. The van der Waals surface area contributed by atoms with Crippen molar-refractivity contribution in [3.05, 3.63) is 30.5 Å². The van der Waals surface area contributed by atoms with Gasteiger partial charge in [-0.2, -0.15) is 0 Å². The zero-order chi connectivity index (χ0) is 6.97. The van der Waals surface area contributed by atoms with Crippen LogP contribution in [0.25, 0.3) is 10.9 Å². The summed E-state index contributed by atoms with van der Waals surface area (Å²) in [5.41, 5.74) is 2.53. The SMILES string of the molecule is Bc1ccc2[nH]ccc2c1. The van der Waals surface area contributed by atoms with Crippen LogP contribution in [0.2, 0.25) is 0 Å². The first-order valence-electron chi connectivity index (χ1n) is 3.40. The van der Waals surface area contributed by atoms with Gasteiger partial charge in [-0.15, -0.1) is 0 Å². The maximum absolute atomic E-state index is 3.15. The summed E-state index contributed by atoms with van der Waals surface area (Å²) in [6.45, 7) is 0. The quantitative estimate of drug-likeness (QED) is 0.496. The highest BCUT2D eigenvalue weighted by Gasteiger charge is 1.90. The number of fused-ring (bicyclic) bond motifs is 1. The molecule has 2 heteroatoms. The fraction of sp³-hybridized carbons (Fsp3) is 0. The third-order valence-corrected chi connectivity index (χ3v) is 1.71. The zero-order valence-corrected chi connectivity index (χ0v) is 5.89. The van der Waals surface area contributed by atoms with E-state index in [0.29, 0.717) is 0 Å². The van der Waals surface area contributed by atoms with Gasteiger partial charge in [-0.25, -0.2) is 0 Å². The maximum Gasteiger partial charge on any atom is 0.139 e. The Labute approximate surface area is 60.5 Å². The molecule has 1 heterocycles. The monoisotopic (exact) mass is 129 g/mol. The van der Waals surface area contributed by atoms with Crippen LogP contribution in [0, 0.1) is 0 Å². The topological polar surface area (TPSA) is 15.8 Å². The molecule has 1 aromatic heterocycles. The van der Waals surface area contributed by atoms with Gasteiger partial charge < -0.3 is 4.98 Å². The van der Waals surface area contributed by atoms with Gasteiger partial charge in [-0.05, 0) is 17.5 Å². The lowest BCUT2D eigenvalue weighted by atomic mass is 9.95. The number of aromatic nitrogens is 1. The number of rotatable bonds is 0. The first-order valence-corrected chi connectivity index (χ1v) is 3.40. The van der Waals surface area contributed by atoms with Gasteiger partial charge in [0.15, 0.2) is 0 Å². The number of benzene rings is 1. The van der Waals surface area contributed by atoms with Crippen LogP contribution in [-0.4, -0.2) is 12.8 Å². The Morgan fingerprint density at radius 3 is 3.00 bits per heavy atom. The lowest BCUT2D eigenvalue weighted by Gasteiger charge is -1.90. The van der Waals surface area contributed by atoms with E-state index in [1.807, 2.05) is 6.20 Å². The number of aromatic amines is 1. The molecule has 1 aromatic carbocycles. The van der Waals surface area contributed by atoms with Gasteiger partial charge >= 0.3 is 0 Å². The molecule has 48 valence electrons. The number of hydrogen-bond acceptors (Lipinski definition) is 0. The van der Waals surface area contributed by atoms with Crippen molar-refractivity contribution in [3.8, 4) is 0 Å². The maximum atomic E-state index is 3.15. The van der Waals surface area contributed by atoms with Crippen LogP contribution in [0.3, 0.4) is 0 Å². The molecule has 1 nitrogen and oxygen atoms in total. The average molecular weight is 129 g/mol. The molecule has 0 radical (unpaired) electrons. The van der Waals surface area contributed by atoms with Crippen LogP contribution in [0.15, 0.2) is 30.5 Å². The van der Waals surface area contributed by atoms with Crippen LogP contribution >= 0.6 is 0 Å². The second kappa shape index (κ2) is 1.91. The van der Waals surface area contributed by atoms with Crippen LogP contribution in [-0.2, 0) is 0 Å². The Bertz CT molecular complexity index is 351. The van der Waals surface area contributed by atoms with Crippen molar-refractivity contribution in [1.29, 1.82) is 0 Å². The van der Waals surface area contributed by atoms with E-state index >= 15 is 0 Å². The van der Waals surface area contributed by atoms with Crippen molar-refractivity contribution < 1.29 is 0 Å². The van der Waals surface area contributed by atoms with E-state index in [2.05, 4.69) is 37.1 Å². The lowest BCUT2D eigenvalue weighted by Crippen LogP contribution is -1.98. The lowest BCUT2D eigenvalue weighted by molar-refractivity contribution is 1.48. The minimum absolute atomic E-state index is 1.21. The summed E-state index contributed by atoms with van der Waals surface area (Å²) in [6.07, 6.45) is 1.96. The Hall–Kier alpha value is -1.18. The first kappa shape index (κ1) is 5.60. The van der Waals surface area contributed by atoms with Crippen LogP contribution in [0.4, 0.5) is 0 Å². The Kier molecular flexibility index (Phi) is 1.07. The Balaban J connectivity index is 2.86. The van der Waals surface area contributed by atoms with E-state index in [1.54, 1.807) is 0 Å². The van der Waals surface area contributed by atoms with Crippen molar-refractivity contribution in [1.82, 2.24) is 4.98 Å². The zero-order valence-electron chi connectivity index (χ0n) is 5.89. The summed E-state index contributed by atoms with van der Waals surface area (Å²) in [7, 11) is 2.10. The van der Waals surface area contributed by atoms with Gasteiger partial charge in [0.25, 0.3) is 0 Å². The molecule has 0 fully saturated rings. The van der Waals surface area contributed by atoms with Crippen LogP contribution in [0.1, 0.15) is 0 Å². The van der Waals surface area contributed by atoms with Crippen LogP contribution < -0.4 is 5.46 Å². The Morgan fingerprint density at radius 2 is 2.10 bits per heavy atom. The summed E-state index contributed by atoms with van der Waals surface area (Å²) in [6, 6.07) is 8.47. The van der Waals surface area contributed by atoms with E-state index in [9.17, 15) is 0 Å². The molecule has 0 saturated heterocycles. The molecular weight excluding hydrogens is 121 g/mol. The van der Waals surface area contributed by atoms with E-state index in [0.717, 1.165) is 0 Å². The summed E-state index contributed by atoms with van der Waals surface area (Å²) in [5.74, 6) is 0. The first-order chi connectivity index (χ1) is 4.86. The number of H-pyrrole nitrogens is 1. The molecule has 0 bridgehead atoms. The predicted molar refractivity (Wildman–Crippen MR) is 46.5 cm³/mol. The van der Waals surface area contributed by atoms with Gasteiger partial charge in [0.1, 0.15) is 7.85 Å². The Morgan fingerprint density at radius 1 is 1.20 bits per heavy atom. The summed E-state index contributed by atoms with van der Waals surface area (Å²) in [5, 5.41) is 1.29. The third kappa shape index (κ3) is 0.729. The van der Waals surface area contributed by atoms with Gasteiger partial charge in [0, 0.05) is 11.7 Å².